The van der Waals surface area contributed by atoms with Gasteiger partial charge in [0, 0.05) is 0 Å². The molecule has 3 nitrogen and oxygen atoms in total. The molecule has 0 saturated heterocycles. The lowest BCUT2D eigenvalue weighted by atomic mass is 10.1. The van der Waals surface area contributed by atoms with Gasteiger partial charge in [0.25, 0.3) is 0 Å². The second kappa shape index (κ2) is 4.30. The highest BCUT2D eigenvalue weighted by atomic mass is 15.0. The van der Waals surface area contributed by atoms with Crippen molar-refractivity contribution in [1.29, 1.82) is 0 Å². The lowest BCUT2D eigenvalue weighted by Crippen LogP contribution is -2.22. The molecule has 0 radical (unpaired) electrons. The summed E-state index contributed by atoms with van der Waals surface area (Å²) in [5.74, 6) is 0.118. The van der Waals surface area contributed by atoms with Gasteiger partial charge in [-0.1, -0.05) is 36.9 Å². The summed E-state index contributed by atoms with van der Waals surface area (Å²) in [6, 6.07) is 7.90. The first-order valence-electron chi connectivity index (χ1n) is 3.99. The van der Waals surface area contributed by atoms with Crippen LogP contribution in [-0.4, -0.2) is 5.96 Å². The third-order valence-corrected chi connectivity index (χ3v) is 1.66. The SMILES string of the molecule is C=Cc1ccc(CN=C(N)N)cc1. The predicted molar refractivity (Wildman–Crippen MR) is 56.0 cm³/mol. The molecule has 0 bridgehead atoms. The zero-order valence-corrected chi connectivity index (χ0v) is 7.40. The molecule has 0 unspecified atom stereocenters. The Kier molecular flexibility index (Phi) is 3.09. The summed E-state index contributed by atoms with van der Waals surface area (Å²) >= 11 is 0. The van der Waals surface area contributed by atoms with Gasteiger partial charge in [-0.05, 0) is 11.1 Å². The largest absolute Gasteiger partial charge is 0.370 e. The van der Waals surface area contributed by atoms with E-state index in [1.54, 1.807) is 6.08 Å². The number of aliphatic imine (C=N–C) groups is 1. The maximum absolute atomic E-state index is 5.21. The minimum absolute atomic E-state index is 0.118. The molecule has 0 spiro atoms. The van der Waals surface area contributed by atoms with Crippen molar-refractivity contribution >= 4 is 12.0 Å². The molecule has 1 aromatic rings. The van der Waals surface area contributed by atoms with Gasteiger partial charge in [-0.2, -0.15) is 0 Å². The normalized spacial score (nSPS) is 9.23. The van der Waals surface area contributed by atoms with Gasteiger partial charge in [0.05, 0.1) is 6.54 Å². The summed E-state index contributed by atoms with van der Waals surface area (Å²) < 4.78 is 0. The van der Waals surface area contributed by atoms with Gasteiger partial charge < -0.3 is 11.5 Å². The Bertz CT molecular complexity index is 307. The second-order valence-electron chi connectivity index (χ2n) is 2.69. The van der Waals surface area contributed by atoms with E-state index in [1.165, 1.54) is 0 Å². The van der Waals surface area contributed by atoms with Crippen molar-refractivity contribution in [3.8, 4) is 0 Å². The van der Waals surface area contributed by atoms with Crippen LogP contribution in [0.15, 0.2) is 35.8 Å². The average Bonchev–Trinajstić information content (AvgIpc) is 2.15. The van der Waals surface area contributed by atoms with Gasteiger partial charge in [-0.3, -0.25) is 0 Å². The fourth-order valence-corrected chi connectivity index (χ4v) is 0.942. The third kappa shape index (κ3) is 2.99. The van der Waals surface area contributed by atoms with Crippen molar-refractivity contribution in [1.82, 2.24) is 0 Å². The van der Waals surface area contributed by atoms with Gasteiger partial charge in [0.1, 0.15) is 0 Å². The lowest BCUT2D eigenvalue weighted by Gasteiger charge is -1.97. The summed E-state index contributed by atoms with van der Waals surface area (Å²) in [7, 11) is 0. The zero-order chi connectivity index (χ0) is 9.68. The van der Waals surface area contributed by atoms with Crippen molar-refractivity contribution in [2.75, 3.05) is 0 Å². The number of nitrogens with two attached hydrogens (primary N) is 2. The van der Waals surface area contributed by atoms with Crippen LogP contribution in [0.5, 0.6) is 0 Å². The number of hydrogen-bond donors (Lipinski definition) is 2. The van der Waals surface area contributed by atoms with E-state index >= 15 is 0 Å². The van der Waals surface area contributed by atoms with Crippen molar-refractivity contribution in [3.05, 3.63) is 42.0 Å². The topological polar surface area (TPSA) is 64.4 Å². The highest BCUT2D eigenvalue weighted by Gasteiger charge is 1.90. The van der Waals surface area contributed by atoms with E-state index in [9.17, 15) is 0 Å². The van der Waals surface area contributed by atoms with Crippen LogP contribution in [0.1, 0.15) is 11.1 Å². The Hall–Kier alpha value is -1.77. The molecule has 0 aliphatic rings. The van der Waals surface area contributed by atoms with Crippen molar-refractivity contribution in [2.45, 2.75) is 6.54 Å². The molecule has 4 N–H and O–H groups in total. The van der Waals surface area contributed by atoms with Crippen molar-refractivity contribution in [3.63, 3.8) is 0 Å². The minimum atomic E-state index is 0.118. The first kappa shape index (κ1) is 9.32. The van der Waals surface area contributed by atoms with E-state index in [2.05, 4.69) is 11.6 Å². The monoisotopic (exact) mass is 175 g/mol. The molecule has 0 aliphatic carbocycles. The summed E-state index contributed by atoms with van der Waals surface area (Å²) in [5, 5.41) is 0. The van der Waals surface area contributed by atoms with Crippen LogP contribution >= 0.6 is 0 Å². The maximum Gasteiger partial charge on any atom is 0.186 e. The van der Waals surface area contributed by atoms with E-state index in [0.29, 0.717) is 6.54 Å². The second-order valence-corrected chi connectivity index (χ2v) is 2.69. The summed E-state index contributed by atoms with van der Waals surface area (Å²) in [5.41, 5.74) is 12.6. The van der Waals surface area contributed by atoms with Gasteiger partial charge >= 0.3 is 0 Å². The van der Waals surface area contributed by atoms with Gasteiger partial charge in [-0.25, -0.2) is 4.99 Å². The zero-order valence-electron chi connectivity index (χ0n) is 7.40. The van der Waals surface area contributed by atoms with E-state index in [1.807, 2.05) is 24.3 Å². The molecule has 13 heavy (non-hydrogen) atoms. The Morgan fingerprint density at radius 1 is 1.31 bits per heavy atom. The molecule has 0 fully saturated rings. The van der Waals surface area contributed by atoms with Crippen LogP contribution in [0.3, 0.4) is 0 Å². The van der Waals surface area contributed by atoms with Gasteiger partial charge in [0.2, 0.25) is 0 Å². The minimum Gasteiger partial charge on any atom is -0.370 e. The van der Waals surface area contributed by atoms with Crippen LogP contribution in [0.4, 0.5) is 0 Å². The number of hydrogen-bond acceptors (Lipinski definition) is 1. The number of nitrogens with zero attached hydrogens (tertiary/aromatic N) is 1. The Labute approximate surface area is 77.8 Å². The molecule has 0 aliphatic heterocycles. The molecule has 0 heterocycles. The van der Waals surface area contributed by atoms with Crippen LogP contribution < -0.4 is 11.5 Å². The molecule has 68 valence electrons. The summed E-state index contributed by atoms with van der Waals surface area (Å²) in [6.07, 6.45) is 1.80. The lowest BCUT2D eigenvalue weighted by molar-refractivity contribution is 1.05. The standard InChI is InChI=1S/C10H13N3/c1-2-8-3-5-9(6-4-8)7-13-10(11)12/h2-6H,1,7H2,(H4,11,12,13). The van der Waals surface area contributed by atoms with Crippen LogP contribution in [0.2, 0.25) is 0 Å². The fourth-order valence-electron chi connectivity index (χ4n) is 0.942. The molecular formula is C10H13N3. The number of guanidine groups is 1. The molecule has 0 saturated carbocycles. The van der Waals surface area contributed by atoms with Crippen LogP contribution in [0.25, 0.3) is 6.08 Å². The molecule has 1 aromatic carbocycles. The van der Waals surface area contributed by atoms with E-state index in [-0.39, 0.29) is 5.96 Å². The smallest absolute Gasteiger partial charge is 0.186 e. The summed E-state index contributed by atoms with van der Waals surface area (Å²) in [6.45, 7) is 4.19. The van der Waals surface area contributed by atoms with Gasteiger partial charge in [0.15, 0.2) is 5.96 Å². The molecule has 0 atom stereocenters. The van der Waals surface area contributed by atoms with Crippen LogP contribution in [0, 0.1) is 0 Å². The van der Waals surface area contributed by atoms with Crippen LogP contribution in [-0.2, 0) is 6.54 Å². The molecule has 3 heteroatoms. The quantitative estimate of drug-likeness (QED) is 0.533. The molecular weight excluding hydrogens is 162 g/mol. The van der Waals surface area contributed by atoms with E-state index < -0.39 is 0 Å². The highest BCUT2D eigenvalue weighted by molar-refractivity contribution is 5.75. The first-order valence-corrected chi connectivity index (χ1v) is 3.99. The number of benzene rings is 1. The Morgan fingerprint density at radius 3 is 2.38 bits per heavy atom. The maximum atomic E-state index is 5.21. The third-order valence-electron chi connectivity index (χ3n) is 1.66. The van der Waals surface area contributed by atoms with E-state index in [0.717, 1.165) is 11.1 Å². The Morgan fingerprint density at radius 2 is 1.92 bits per heavy atom. The Balaban J connectivity index is 2.69. The highest BCUT2D eigenvalue weighted by Crippen LogP contribution is 2.06. The van der Waals surface area contributed by atoms with Crippen molar-refractivity contribution in [2.24, 2.45) is 16.5 Å². The molecule has 1 rings (SSSR count). The first-order chi connectivity index (χ1) is 6.22. The summed E-state index contributed by atoms with van der Waals surface area (Å²) in [4.78, 5) is 3.90. The molecule has 0 amide bonds. The van der Waals surface area contributed by atoms with Gasteiger partial charge in [-0.15, -0.1) is 0 Å². The average molecular weight is 175 g/mol. The van der Waals surface area contributed by atoms with Crippen molar-refractivity contribution < 1.29 is 0 Å². The number of rotatable bonds is 3. The molecule has 0 aromatic heterocycles. The van der Waals surface area contributed by atoms with E-state index in [4.69, 9.17) is 11.5 Å². The predicted octanol–water partition coefficient (Wildman–Crippen LogP) is 1.10. The fraction of sp³-hybridized carbons (Fsp3) is 0.100.